The van der Waals surface area contributed by atoms with Crippen molar-refractivity contribution in [1.82, 2.24) is 15.2 Å². The van der Waals surface area contributed by atoms with E-state index in [4.69, 9.17) is 10.6 Å². The molecule has 0 aliphatic carbocycles. The Labute approximate surface area is 117 Å². The third kappa shape index (κ3) is 2.66. The number of nitrogens with two attached hydrogens (primary N) is 1. The summed E-state index contributed by atoms with van der Waals surface area (Å²) in [6.45, 7) is 4.49. The molecule has 0 saturated carbocycles. The zero-order valence-electron chi connectivity index (χ0n) is 11.9. The fourth-order valence-corrected chi connectivity index (χ4v) is 2.34. The van der Waals surface area contributed by atoms with Crippen molar-refractivity contribution in [3.63, 3.8) is 0 Å². The lowest BCUT2D eigenvalue weighted by molar-refractivity contribution is 0.399. The van der Waals surface area contributed by atoms with Crippen molar-refractivity contribution in [2.45, 2.75) is 26.4 Å². The van der Waals surface area contributed by atoms with Crippen LogP contribution in [0.2, 0.25) is 0 Å². The molecule has 1 atom stereocenters. The molecule has 0 aliphatic rings. The van der Waals surface area contributed by atoms with Crippen LogP contribution in [0.1, 0.15) is 29.8 Å². The summed E-state index contributed by atoms with van der Waals surface area (Å²) in [5.41, 5.74) is 5.07. The summed E-state index contributed by atoms with van der Waals surface area (Å²) in [5.74, 6) is 6.01. The number of hydrogen-bond donors (Lipinski definition) is 2. The third-order valence-corrected chi connectivity index (χ3v) is 3.20. The number of aryl methyl sites for hydroxylation is 2. The molecule has 1 heterocycles. The zero-order valence-corrected chi connectivity index (χ0v) is 11.9. The Hall–Kier alpha value is -1.92. The van der Waals surface area contributed by atoms with E-state index in [2.05, 4.69) is 10.5 Å². The highest BCUT2D eigenvalue weighted by molar-refractivity contribution is 5.38. The molecule has 1 aromatic carbocycles. The smallest absolute Gasteiger partial charge is 0.161 e. The van der Waals surface area contributed by atoms with Gasteiger partial charge in [-0.3, -0.25) is 10.5 Å². The molecule has 20 heavy (non-hydrogen) atoms. The zero-order chi connectivity index (χ0) is 14.7. The molecule has 1 unspecified atom stereocenters. The van der Waals surface area contributed by atoms with Crippen molar-refractivity contribution in [1.29, 1.82) is 0 Å². The highest BCUT2D eigenvalue weighted by atomic mass is 19.1. The number of aromatic nitrogens is 2. The average molecular weight is 278 g/mol. The molecule has 0 saturated heterocycles. The number of benzene rings is 1. The molecule has 3 N–H and O–H groups in total. The molecular formula is C14H19FN4O. The van der Waals surface area contributed by atoms with Gasteiger partial charge in [-0.1, -0.05) is 6.07 Å². The summed E-state index contributed by atoms with van der Waals surface area (Å²) < 4.78 is 20.7. The predicted molar refractivity (Wildman–Crippen MR) is 74.8 cm³/mol. The number of nitrogens with zero attached hydrogens (tertiary/aromatic N) is 2. The molecule has 0 aliphatic heterocycles. The molecule has 0 bridgehead atoms. The Balaban J connectivity index is 2.54. The van der Waals surface area contributed by atoms with E-state index in [0.717, 1.165) is 16.8 Å². The van der Waals surface area contributed by atoms with E-state index in [-0.39, 0.29) is 11.9 Å². The Kier molecular flexibility index (Phi) is 4.36. The summed E-state index contributed by atoms with van der Waals surface area (Å²) in [6, 6.07) is 4.44. The highest BCUT2D eigenvalue weighted by Crippen LogP contribution is 2.30. The molecule has 0 radical (unpaired) electrons. The first kappa shape index (κ1) is 14.5. The molecule has 108 valence electrons. The SMILES string of the molecule is CCn1ncc(OC)c1C(NN)c1cc(C)cc(F)c1. The van der Waals surface area contributed by atoms with Gasteiger partial charge in [0.05, 0.1) is 19.3 Å². The number of rotatable bonds is 5. The van der Waals surface area contributed by atoms with Gasteiger partial charge in [0.1, 0.15) is 11.5 Å². The largest absolute Gasteiger partial charge is 0.493 e. The Bertz CT molecular complexity index is 555. The Morgan fingerprint density at radius 2 is 2.20 bits per heavy atom. The minimum Gasteiger partial charge on any atom is -0.493 e. The van der Waals surface area contributed by atoms with Gasteiger partial charge in [0.15, 0.2) is 5.75 Å². The summed E-state index contributed by atoms with van der Waals surface area (Å²) in [5, 5.41) is 4.25. The standard InChI is InChI=1S/C14H19FN4O/c1-4-19-14(12(20-3)8-17-19)13(18-16)10-5-9(2)6-11(15)7-10/h5-8,13,18H,4,16H2,1-3H3. The van der Waals surface area contributed by atoms with E-state index in [1.807, 2.05) is 19.9 Å². The number of methoxy groups -OCH3 is 1. The van der Waals surface area contributed by atoms with Crippen LogP contribution in [0.5, 0.6) is 5.75 Å². The Morgan fingerprint density at radius 3 is 2.75 bits per heavy atom. The minimum atomic E-state index is -0.387. The van der Waals surface area contributed by atoms with Gasteiger partial charge in [0.25, 0.3) is 0 Å². The average Bonchev–Trinajstić information content (AvgIpc) is 2.81. The Morgan fingerprint density at radius 1 is 1.45 bits per heavy atom. The van der Waals surface area contributed by atoms with Crippen molar-refractivity contribution in [2.75, 3.05) is 7.11 Å². The lowest BCUT2D eigenvalue weighted by atomic mass is 10.0. The van der Waals surface area contributed by atoms with E-state index in [1.165, 1.54) is 12.1 Å². The van der Waals surface area contributed by atoms with E-state index in [0.29, 0.717) is 12.3 Å². The van der Waals surface area contributed by atoms with E-state index in [9.17, 15) is 4.39 Å². The van der Waals surface area contributed by atoms with Gasteiger partial charge in [0.2, 0.25) is 0 Å². The fourth-order valence-electron chi connectivity index (χ4n) is 2.34. The van der Waals surface area contributed by atoms with Crippen molar-refractivity contribution in [3.05, 3.63) is 47.0 Å². The number of ether oxygens (including phenoxy) is 1. The van der Waals surface area contributed by atoms with Crippen LogP contribution >= 0.6 is 0 Å². The normalized spacial score (nSPS) is 12.4. The van der Waals surface area contributed by atoms with Crippen LogP contribution in [-0.2, 0) is 6.54 Å². The van der Waals surface area contributed by atoms with Gasteiger partial charge in [-0.2, -0.15) is 5.10 Å². The molecular weight excluding hydrogens is 259 g/mol. The van der Waals surface area contributed by atoms with Crippen molar-refractivity contribution in [2.24, 2.45) is 5.84 Å². The van der Waals surface area contributed by atoms with E-state index >= 15 is 0 Å². The first-order valence-corrected chi connectivity index (χ1v) is 6.43. The van der Waals surface area contributed by atoms with Crippen LogP contribution in [-0.4, -0.2) is 16.9 Å². The number of nitrogens with one attached hydrogen (secondary N) is 1. The number of halogens is 1. The first-order chi connectivity index (χ1) is 9.60. The van der Waals surface area contributed by atoms with Gasteiger partial charge < -0.3 is 4.74 Å². The van der Waals surface area contributed by atoms with Gasteiger partial charge in [0, 0.05) is 6.54 Å². The molecule has 0 fully saturated rings. The second-order valence-corrected chi connectivity index (χ2v) is 4.58. The maximum Gasteiger partial charge on any atom is 0.161 e. The fraction of sp³-hybridized carbons (Fsp3) is 0.357. The predicted octanol–water partition coefficient (Wildman–Crippen LogP) is 1.91. The molecule has 0 amide bonds. The molecule has 0 spiro atoms. The van der Waals surface area contributed by atoms with Crippen molar-refractivity contribution in [3.8, 4) is 5.75 Å². The van der Waals surface area contributed by atoms with Gasteiger partial charge in [-0.15, -0.1) is 0 Å². The second-order valence-electron chi connectivity index (χ2n) is 4.58. The second kappa shape index (κ2) is 6.02. The number of hydrazine groups is 1. The molecule has 2 rings (SSSR count). The van der Waals surface area contributed by atoms with Crippen LogP contribution in [0.25, 0.3) is 0 Å². The van der Waals surface area contributed by atoms with Crippen molar-refractivity contribution >= 4 is 0 Å². The minimum absolute atomic E-state index is 0.290. The maximum absolute atomic E-state index is 13.6. The molecule has 2 aromatic rings. The topological polar surface area (TPSA) is 65.1 Å². The van der Waals surface area contributed by atoms with E-state index < -0.39 is 0 Å². The third-order valence-electron chi connectivity index (χ3n) is 3.20. The van der Waals surface area contributed by atoms with Crippen LogP contribution in [0.15, 0.2) is 24.4 Å². The first-order valence-electron chi connectivity index (χ1n) is 6.43. The lowest BCUT2D eigenvalue weighted by Gasteiger charge is -2.19. The van der Waals surface area contributed by atoms with Crippen LogP contribution in [0.4, 0.5) is 4.39 Å². The lowest BCUT2D eigenvalue weighted by Crippen LogP contribution is -2.31. The van der Waals surface area contributed by atoms with Crippen LogP contribution in [0, 0.1) is 12.7 Å². The maximum atomic E-state index is 13.6. The molecule has 1 aromatic heterocycles. The summed E-state index contributed by atoms with van der Waals surface area (Å²) in [6.07, 6.45) is 1.63. The summed E-state index contributed by atoms with van der Waals surface area (Å²) >= 11 is 0. The number of hydrogen-bond acceptors (Lipinski definition) is 4. The monoisotopic (exact) mass is 278 g/mol. The van der Waals surface area contributed by atoms with Gasteiger partial charge >= 0.3 is 0 Å². The van der Waals surface area contributed by atoms with Gasteiger partial charge in [-0.25, -0.2) is 9.82 Å². The summed E-state index contributed by atoms with van der Waals surface area (Å²) in [7, 11) is 1.57. The molecule has 6 heteroatoms. The molecule has 5 nitrogen and oxygen atoms in total. The van der Waals surface area contributed by atoms with E-state index in [1.54, 1.807) is 18.0 Å². The van der Waals surface area contributed by atoms with Crippen LogP contribution < -0.4 is 16.0 Å². The van der Waals surface area contributed by atoms with Crippen LogP contribution in [0.3, 0.4) is 0 Å². The quantitative estimate of drug-likeness (QED) is 0.648. The highest BCUT2D eigenvalue weighted by Gasteiger charge is 2.22. The van der Waals surface area contributed by atoms with Gasteiger partial charge in [-0.05, 0) is 37.1 Å². The summed E-state index contributed by atoms with van der Waals surface area (Å²) in [4.78, 5) is 0. The van der Waals surface area contributed by atoms with Crippen molar-refractivity contribution < 1.29 is 9.13 Å².